The molecule has 19 heavy (non-hydrogen) atoms. The fraction of sp³-hybridized carbons (Fsp3) is 0.214. The molecule has 0 unspecified atom stereocenters. The van der Waals surface area contributed by atoms with Crippen LogP contribution in [0, 0.1) is 11.3 Å². The van der Waals surface area contributed by atoms with Gasteiger partial charge in [0.2, 0.25) is 0 Å². The summed E-state index contributed by atoms with van der Waals surface area (Å²) in [6.45, 7) is 0. The summed E-state index contributed by atoms with van der Waals surface area (Å²) in [5.41, 5.74) is 2.51. The number of aromatic nitrogens is 2. The quantitative estimate of drug-likeness (QED) is 0.853. The van der Waals surface area contributed by atoms with Gasteiger partial charge in [-0.1, -0.05) is 12.1 Å². The Hall–Kier alpha value is -2.61. The second-order valence-electron chi connectivity index (χ2n) is 4.23. The van der Waals surface area contributed by atoms with E-state index in [4.69, 9.17) is 10.4 Å². The lowest BCUT2D eigenvalue weighted by molar-refractivity contribution is -0.136. The molecule has 0 aliphatic carbocycles. The largest absolute Gasteiger partial charge is 0.481 e. The number of nitrogens with one attached hydrogen (secondary N) is 1. The molecule has 96 valence electrons. The van der Waals surface area contributed by atoms with Gasteiger partial charge in [0, 0.05) is 18.3 Å². The third-order valence-corrected chi connectivity index (χ3v) is 2.74. The first-order valence-electron chi connectivity index (χ1n) is 5.91. The lowest BCUT2D eigenvalue weighted by atomic mass is 10.1. The molecule has 2 aromatic rings. The SMILES string of the molecule is N#Cc1ccc(Cc2ncc(CCC(=O)O)[nH]2)cc1. The molecular formula is C14H13N3O2. The Balaban J connectivity index is 1.99. The van der Waals surface area contributed by atoms with Gasteiger partial charge in [-0.2, -0.15) is 5.26 Å². The molecule has 0 aliphatic heterocycles. The number of H-pyrrole nitrogens is 1. The van der Waals surface area contributed by atoms with Crippen molar-refractivity contribution in [1.29, 1.82) is 5.26 Å². The van der Waals surface area contributed by atoms with E-state index in [0.29, 0.717) is 18.4 Å². The molecule has 0 aliphatic rings. The number of imidazole rings is 1. The Labute approximate surface area is 110 Å². The summed E-state index contributed by atoms with van der Waals surface area (Å²) in [5, 5.41) is 17.3. The van der Waals surface area contributed by atoms with Gasteiger partial charge in [-0.3, -0.25) is 4.79 Å². The molecule has 0 fully saturated rings. The van der Waals surface area contributed by atoms with E-state index in [0.717, 1.165) is 17.1 Å². The van der Waals surface area contributed by atoms with E-state index in [1.54, 1.807) is 18.3 Å². The van der Waals surface area contributed by atoms with Crippen LogP contribution in [0.1, 0.15) is 29.1 Å². The highest BCUT2D eigenvalue weighted by Crippen LogP contribution is 2.09. The second kappa shape index (κ2) is 5.83. The van der Waals surface area contributed by atoms with E-state index in [-0.39, 0.29) is 6.42 Å². The van der Waals surface area contributed by atoms with Crippen molar-refractivity contribution in [1.82, 2.24) is 9.97 Å². The van der Waals surface area contributed by atoms with Crippen LogP contribution in [0.5, 0.6) is 0 Å². The van der Waals surface area contributed by atoms with E-state index in [1.807, 2.05) is 12.1 Å². The number of hydrogen-bond donors (Lipinski definition) is 2. The maximum atomic E-state index is 10.5. The lowest BCUT2D eigenvalue weighted by Crippen LogP contribution is -1.98. The summed E-state index contributed by atoms with van der Waals surface area (Å²) in [6, 6.07) is 9.38. The summed E-state index contributed by atoms with van der Waals surface area (Å²) >= 11 is 0. The van der Waals surface area contributed by atoms with Crippen LogP contribution in [0.2, 0.25) is 0 Å². The molecule has 0 spiro atoms. The number of carboxylic acids is 1. The lowest BCUT2D eigenvalue weighted by Gasteiger charge is -1.98. The molecule has 0 saturated carbocycles. The van der Waals surface area contributed by atoms with E-state index in [1.165, 1.54) is 0 Å². The fourth-order valence-corrected chi connectivity index (χ4v) is 1.75. The van der Waals surface area contributed by atoms with Gasteiger partial charge in [0.1, 0.15) is 5.82 Å². The summed E-state index contributed by atoms with van der Waals surface area (Å²) in [6.07, 6.45) is 2.86. The predicted octanol–water partition coefficient (Wildman–Crippen LogP) is 1.89. The summed E-state index contributed by atoms with van der Waals surface area (Å²) in [5.74, 6) is -0.0201. The Kier molecular flexibility index (Phi) is 3.94. The highest BCUT2D eigenvalue weighted by molar-refractivity contribution is 5.66. The molecular weight excluding hydrogens is 242 g/mol. The van der Waals surface area contributed by atoms with Crippen molar-refractivity contribution < 1.29 is 9.90 Å². The average Bonchev–Trinajstić information content (AvgIpc) is 2.85. The Morgan fingerprint density at radius 3 is 2.74 bits per heavy atom. The minimum Gasteiger partial charge on any atom is -0.481 e. The van der Waals surface area contributed by atoms with Crippen molar-refractivity contribution in [2.45, 2.75) is 19.3 Å². The zero-order valence-corrected chi connectivity index (χ0v) is 10.3. The number of rotatable bonds is 5. The number of nitrogens with zero attached hydrogens (tertiary/aromatic N) is 2. The van der Waals surface area contributed by atoms with Crippen molar-refractivity contribution in [2.24, 2.45) is 0 Å². The van der Waals surface area contributed by atoms with Gasteiger partial charge in [0.15, 0.2) is 0 Å². The van der Waals surface area contributed by atoms with Gasteiger partial charge < -0.3 is 10.1 Å². The zero-order chi connectivity index (χ0) is 13.7. The highest BCUT2D eigenvalue weighted by Gasteiger charge is 2.04. The number of carbonyl (C=O) groups is 1. The molecule has 1 aromatic carbocycles. The third-order valence-electron chi connectivity index (χ3n) is 2.74. The molecule has 0 bridgehead atoms. The molecule has 2 N–H and O–H groups in total. The minimum absolute atomic E-state index is 0.0957. The monoisotopic (exact) mass is 255 g/mol. The van der Waals surface area contributed by atoms with Crippen LogP contribution in [-0.4, -0.2) is 21.0 Å². The first-order chi connectivity index (χ1) is 9.17. The molecule has 0 atom stereocenters. The van der Waals surface area contributed by atoms with Gasteiger partial charge in [-0.25, -0.2) is 4.98 Å². The topological polar surface area (TPSA) is 89.8 Å². The van der Waals surface area contributed by atoms with Crippen LogP contribution in [0.25, 0.3) is 0 Å². The van der Waals surface area contributed by atoms with Gasteiger partial charge >= 0.3 is 5.97 Å². The molecule has 0 saturated heterocycles. The number of hydrogen-bond acceptors (Lipinski definition) is 3. The number of benzene rings is 1. The van der Waals surface area contributed by atoms with Gasteiger partial charge in [-0.05, 0) is 24.1 Å². The van der Waals surface area contributed by atoms with E-state index in [9.17, 15) is 4.79 Å². The van der Waals surface area contributed by atoms with Crippen molar-refractivity contribution in [2.75, 3.05) is 0 Å². The highest BCUT2D eigenvalue weighted by atomic mass is 16.4. The molecule has 5 nitrogen and oxygen atoms in total. The number of carboxylic acid groups (broad SMARTS) is 1. The van der Waals surface area contributed by atoms with Crippen LogP contribution in [0.15, 0.2) is 30.5 Å². The van der Waals surface area contributed by atoms with Crippen molar-refractivity contribution in [3.8, 4) is 6.07 Å². The smallest absolute Gasteiger partial charge is 0.303 e. The van der Waals surface area contributed by atoms with Crippen LogP contribution < -0.4 is 0 Å². The Morgan fingerprint density at radius 2 is 2.11 bits per heavy atom. The fourth-order valence-electron chi connectivity index (χ4n) is 1.75. The van der Waals surface area contributed by atoms with E-state index < -0.39 is 5.97 Å². The van der Waals surface area contributed by atoms with E-state index >= 15 is 0 Å². The molecule has 1 heterocycles. The third kappa shape index (κ3) is 3.68. The predicted molar refractivity (Wildman–Crippen MR) is 68.5 cm³/mol. The molecule has 2 rings (SSSR count). The van der Waals surface area contributed by atoms with Crippen LogP contribution >= 0.6 is 0 Å². The van der Waals surface area contributed by atoms with Gasteiger partial charge in [0.05, 0.1) is 18.1 Å². The minimum atomic E-state index is -0.816. The van der Waals surface area contributed by atoms with Gasteiger partial charge in [0.25, 0.3) is 0 Å². The molecule has 0 radical (unpaired) electrons. The Morgan fingerprint density at radius 1 is 1.37 bits per heavy atom. The average molecular weight is 255 g/mol. The summed E-state index contributed by atoms with van der Waals surface area (Å²) in [7, 11) is 0. The zero-order valence-electron chi connectivity index (χ0n) is 10.3. The summed E-state index contributed by atoms with van der Waals surface area (Å²) < 4.78 is 0. The molecule has 5 heteroatoms. The normalized spacial score (nSPS) is 10.1. The molecule has 1 aromatic heterocycles. The summed E-state index contributed by atoms with van der Waals surface area (Å²) in [4.78, 5) is 17.8. The maximum absolute atomic E-state index is 10.5. The van der Waals surface area contributed by atoms with Crippen molar-refractivity contribution in [3.05, 3.63) is 53.1 Å². The van der Waals surface area contributed by atoms with Crippen molar-refractivity contribution >= 4 is 5.97 Å². The Bertz CT molecular complexity index is 608. The molecule has 0 amide bonds. The van der Waals surface area contributed by atoms with Gasteiger partial charge in [-0.15, -0.1) is 0 Å². The number of aromatic amines is 1. The number of nitriles is 1. The first kappa shape index (κ1) is 12.8. The number of aliphatic carboxylic acids is 1. The maximum Gasteiger partial charge on any atom is 0.303 e. The second-order valence-corrected chi connectivity index (χ2v) is 4.23. The first-order valence-corrected chi connectivity index (χ1v) is 5.91. The van der Waals surface area contributed by atoms with Crippen LogP contribution in [-0.2, 0) is 17.6 Å². The van der Waals surface area contributed by atoms with Crippen LogP contribution in [0.3, 0.4) is 0 Å². The number of aryl methyl sites for hydroxylation is 1. The van der Waals surface area contributed by atoms with E-state index in [2.05, 4.69) is 16.0 Å². The standard InChI is InChI=1S/C14H13N3O2/c15-8-11-3-1-10(2-4-11)7-13-16-9-12(17-13)5-6-14(18)19/h1-4,9H,5-7H2,(H,16,17)(H,18,19). The van der Waals surface area contributed by atoms with Crippen LogP contribution in [0.4, 0.5) is 0 Å². The van der Waals surface area contributed by atoms with Crippen molar-refractivity contribution in [3.63, 3.8) is 0 Å².